The first kappa shape index (κ1) is 19.8. The summed E-state index contributed by atoms with van der Waals surface area (Å²) in [6.07, 6.45) is 1.99. The summed E-state index contributed by atoms with van der Waals surface area (Å²) in [5, 5.41) is 6.62. The predicted molar refractivity (Wildman–Crippen MR) is 103 cm³/mol. The van der Waals surface area contributed by atoms with E-state index in [0.29, 0.717) is 24.4 Å². The van der Waals surface area contributed by atoms with Crippen LogP contribution in [0.4, 0.5) is 4.79 Å². The van der Waals surface area contributed by atoms with Crippen LogP contribution in [-0.4, -0.2) is 30.3 Å². The molecule has 1 amide bonds. The fourth-order valence-electron chi connectivity index (χ4n) is 3.35. The Labute approximate surface area is 152 Å². The Morgan fingerprint density at radius 3 is 2.44 bits per heavy atom. The molecule has 1 saturated carbocycles. The van der Waals surface area contributed by atoms with Gasteiger partial charge in [-0.3, -0.25) is 0 Å². The summed E-state index contributed by atoms with van der Waals surface area (Å²) >= 11 is 0. The minimum absolute atomic E-state index is 0.260. The van der Waals surface area contributed by atoms with Crippen LogP contribution in [0.1, 0.15) is 64.5 Å². The lowest BCUT2D eigenvalue weighted by molar-refractivity contribution is 0.0516. The van der Waals surface area contributed by atoms with Gasteiger partial charge in [-0.15, -0.1) is 0 Å². The minimum Gasteiger partial charge on any atom is -0.444 e. The number of amides is 1. The Morgan fingerprint density at radius 1 is 1.24 bits per heavy atom. The van der Waals surface area contributed by atoms with Gasteiger partial charge in [0.05, 0.1) is 0 Å². The highest BCUT2D eigenvalue weighted by molar-refractivity contribution is 5.67. The summed E-state index contributed by atoms with van der Waals surface area (Å²) in [4.78, 5) is 11.9. The van der Waals surface area contributed by atoms with Crippen LogP contribution in [0.15, 0.2) is 24.3 Å². The number of benzene rings is 1. The Morgan fingerprint density at radius 2 is 1.88 bits per heavy atom. The van der Waals surface area contributed by atoms with Gasteiger partial charge in [0.15, 0.2) is 0 Å². The number of hydrogen-bond donors (Lipinski definition) is 2. The summed E-state index contributed by atoms with van der Waals surface area (Å²) in [5.41, 5.74) is 2.41. The van der Waals surface area contributed by atoms with Crippen molar-refractivity contribution in [3.63, 3.8) is 0 Å². The average Bonchev–Trinajstić information content (AvgIpc) is 2.44. The number of carbonyl (C=O) groups excluding carboxylic acids is 1. The monoisotopic (exact) mass is 346 g/mol. The third-order valence-electron chi connectivity index (χ3n) is 4.89. The molecular formula is C21H34N2O2. The van der Waals surface area contributed by atoms with Crippen molar-refractivity contribution in [3.05, 3.63) is 35.4 Å². The van der Waals surface area contributed by atoms with Crippen molar-refractivity contribution in [2.45, 2.75) is 78.0 Å². The molecule has 0 aromatic heterocycles. The normalized spacial score (nSPS) is 21.6. The molecule has 1 atom stereocenters. The fourth-order valence-corrected chi connectivity index (χ4v) is 3.35. The van der Waals surface area contributed by atoms with Gasteiger partial charge in [-0.1, -0.05) is 38.1 Å². The second-order valence-electron chi connectivity index (χ2n) is 8.62. The molecule has 1 aliphatic carbocycles. The fraction of sp³-hybridized carbons (Fsp3) is 0.667. The summed E-state index contributed by atoms with van der Waals surface area (Å²) in [6, 6.07) is 9.46. The van der Waals surface area contributed by atoms with Crippen LogP contribution in [0.2, 0.25) is 0 Å². The largest absolute Gasteiger partial charge is 0.444 e. The quantitative estimate of drug-likeness (QED) is 0.804. The zero-order valence-corrected chi connectivity index (χ0v) is 16.6. The summed E-state index contributed by atoms with van der Waals surface area (Å²) in [7, 11) is 0. The molecule has 0 heterocycles. The summed E-state index contributed by atoms with van der Waals surface area (Å²) in [6.45, 7) is 12.8. The van der Waals surface area contributed by atoms with Crippen LogP contribution >= 0.6 is 0 Å². The van der Waals surface area contributed by atoms with Crippen molar-refractivity contribution in [2.75, 3.05) is 6.54 Å². The number of hydrogen-bond acceptors (Lipinski definition) is 3. The Bertz CT molecular complexity index is 572. The molecule has 25 heavy (non-hydrogen) atoms. The maximum Gasteiger partial charge on any atom is 0.407 e. The van der Waals surface area contributed by atoms with Crippen molar-refractivity contribution < 1.29 is 9.53 Å². The number of ether oxygens (including phenoxy) is 1. The highest BCUT2D eigenvalue weighted by Gasteiger charge is 2.33. The molecule has 2 rings (SSSR count). The van der Waals surface area contributed by atoms with E-state index in [-0.39, 0.29) is 12.1 Å². The zero-order chi connectivity index (χ0) is 18.6. The number of carbonyl (C=O) groups is 1. The van der Waals surface area contributed by atoms with Gasteiger partial charge in [-0.25, -0.2) is 4.79 Å². The molecular weight excluding hydrogens is 312 g/mol. The molecule has 0 bridgehead atoms. The van der Waals surface area contributed by atoms with Gasteiger partial charge in [-0.2, -0.15) is 0 Å². The molecule has 0 aliphatic heterocycles. The van der Waals surface area contributed by atoms with E-state index in [4.69, 9.17) is 4.74 Å². The molecule has 1 fully saturated rings. The second-order valence-corrected chi connectivity index (χ2v) is 8.62. The van der Waals surface area contributed by atoms with E-state index in [1.807, 2.05) is 20.8 Å². The highest BCUT2D eigenvalue weighted by Crippen LogP contribution is 2.38. The Balaban J connectivity index is 1.79. The lowest BCUT2D eigenvalue weighted by atomic mass is 9.74. The van der Waals surface area contributed by atoms with Gasteiger partial charge >= 0.3 is 6.09 Å². The van der Waals surface area contributed by atoms with Crippen LogP contribution in [-0.2, 0) is 4.74 Å². The highest BCUT2D eigenvalue weighted by atomic mass is 16.6. The summed E-state index contributed by atoms with van der Waals surface area (Å²) in [5.74, 6) is 1.11. The zero-order valence-electron chi connectivity index (χ0n) is 16.6. The molecule has 1 aliphatic rings. The van der Waals surface area contributed by atoms with Crippen molar-refractivity contribution in [1.82, 2.24) is 10.6 Å². The predicted octanol–water partition coefficient (Wildman–Crippen LogP) is 4.38. The van der Waals surface area contributed by atoms with Crippen LogP contribution < -0.4 is 10.6 Å². The maximum atomic E-state index is 11.9. The number of rotatable bonds is 6. The van der Waals surface area contributed by atoms with E-state index in [2.05, 4.69) is 55.7 Å². The number of nitrogens with one attached hydrogen (secondary N) is 2. The first-order chi connectivity index (χ1) is 11.7. The number of aryl methyl sites for hydroxylation is 1. The van der Waals surface area contributed by atoms with Crippen LogP contribution in [0.3, 0.4) is 0 Å². The Kier molecular flexibility index (Phi) is 6.50. The van der Waals surface area contributed by atoms with E-state index in [0.717, 1.165) is 0 Å². The van der Waals surface area contributed by atoms with Gasteiger partial charge in [0.1, 0.15) is 5.60 Å². The minimum atomic E-state index is -0.459. The van der Waals surface area contributed by atoms with Crippen molar-refractivity contribution in [1.29, 1.82) is 0 Å². The van der Waals surface area contributed by atoms with E-state index in [1.165, 1.54) is 24.0 Å². The first-order valence-corrected chi connectivity index (χ1v) is 9.44. The third-order valence-corrected chi connectivity index (χ3v) is 4.89. The molecule has 0 radical (unpaired) electrons. The van der Waals surface area contributed by atoms with Crippen molar-refractivity contribution in [3.8, 4) is 0 Å². The van der Waals surface area contributed by atoms with Crippen LogP contribution in [0.25, 0.3) is 0 Å². The molecule has 1 unspecified atom stereocenters. The third kappa shape index (κ3) is 6.03. The Hall–Kier alpha value is -1.55. The second kappa shape index (κ2) is 8.22. The van der Waals surface area contributed by atoms with Gasteiger partial charge in [0, 0.05) is 18.6 Å². The first-order valence-electron chi connectivity index (χ1n) is 9.44. The molecule has 0 saturated heterocycles. The lowest BCUT2D eigenvalue weighted by Crippen LogP contribution is -2.52. The van der Waals surface area contributed by atoms with Gasteiger partial charge in [0.25, 0.3) is 0 Å². The van der Waals surface area contributed by atoms with Crippen molar-refractivity contribution >= 4 is 6.09 Å². The SMILES string of the molecule is Cc1ccccc1C1CC(NC(CNC(=O)OC(C)(C)C)C(C)C)C1. The van der Waals surface area contributed by atoms with Crippen LogP contribution in [0, 0.1) is 12.8 Å². The van der Waals surface area contributed by atoms with Crippen molar-refractivity contribution in [2.24, 2.45) is 5.92 Å². The average molecular weight is 347 g/mol. The van der Waals surface area contributed by atoms with E-state index < -0.39 is 5.60 Å². The smallest absolute Gasteiger partial charge is 0.407 e. The maximum absolute atomic E-state index is 11.9. The molecule has 4 heteroatoms. The van der Waals surface area contributed by atoms with E-state index in [9.17, 15) is 4.79 Å². The van der Waals surface area contributed by atoms with Gasteiger partial charge < -0.3 is 15.4 Å². The molecule has 1 aromatic carbocycles. The van der Waals surface area contributed by atoms with Gasteiger partial charge in [-0.05, 0) is 63.5 Å². The van der Waals surface area contributed by atoms with Gasteiger partial charge in [0.2, 0.25) is 0 Å². The molecule has 1 aromatic rings. The molecule has 0 spiro atoms. The number of alkyl carbamates (subject to hydrolysis) is 1. The van der Waals surface area contributed by atoms with Crippen LogP contribution in [0.5, 0.6) is 0 Å². The molecule has 140 valence electrons. The topological polar surface area (TPSA) is 50.4 Å². The van der Waals surface area contributed by atoms with E-state index >= 15 is 0 Å². The van der Waals surface area contributed by atoms with E-state index in [1.54, 1.807) is 0 Å². The summed E-state index contributed by atoms with van der Waals surface area (Å²) < 4.78 is 5.32. The standard InChI is InChI=1S/C21H34N2O2/c1-14(2)19(13-22-20(24)25-21(4,5)6)23-17-11-16(12-17)18-10-8-7-9-15(18)3/h7-10,14,16-17,19,23H,11-13H2,1-6H3,(H,22,24). The molecule has 2 N–H and O–H groups in total. The molecule has 4 nitrogen and oxygen atoms in total. The lowest BCUT2D eigenvalue weighted by Gasteiger charge is -2.40.